The first-order chi connectivity index (χ1) is 12.5. The molecule has 0 unspecified atom stereocenters. The Morgan fingerprint density at radius 1 is 1.27 bits per heavy atom. The second-order valence-electron chi connectivity index (χ2n) is 5.51. The summed E-state index contributed by atoms with van der Waals surface area (Å²) in [6.07, 6.45) is 0. The van der Waals surface area contributed by atoms with Crippen LogP contribution in [0.3, 0.4) is 0 Å². The van der Waals surface area contributed by atoms with Crippen LogP contribution in [0.1, 0.15) is 5.56 Å². The van der Waals surface area contributed by atoms with E-state index in [1.807, 2.05) is 30.5 Å². The van der Waals surface area contributed by atoms with Crippen LogP contribution in [0.4, 0.5) is 9.52 Å². The molecule has 0 radical (unpaired) electrons. The number of hydrogen-bond acceptors (Lipinski definition) is 5. The Bertz CT molecular complexity index is 910. The number of methoxy groups -OCH3 is 1. The molecule has 0 aliphatic heterocycles. The molecule has 2 aromatic carbocycles. The zero-order valence-electron chi connectivity index (χ0n) is 14.3. The summed E-state index contributed by atoms with van der Waals surface area (Å²) >= 11 is 2.73. The number of hydrogen-bond donors (Lipinski definition) is 1. The second-order valence-corrected chi connectivity index (χ2v) is 7.42. The number of aryl methyl sites for hydroxylation is 1. The highest BCUT2D eigenvalue weighted by molar-refractivity contribution is 8.00. The predicted octanol–water partition coefficient (Wildman–Crippen LogP) is 5.00. The van der Waals surface area contributed by atoms with Crippen LogP contribution in [-0.4, -0.2) is 23.8 Å². The molecule has 3 rings (SSSR count). The SMILES string of the molecule is COc1ccc(-c2csc(NC(=O)CSc3ccc(F)cc3)n2)cc1C. The van der Waals surface area contributed by atoms with Crippen molar-refractivity contribution in [3.05, 3.63) is 59.2 Å². The number of rotatable bonds is 6. The van der Waals surface area contributed by atoms with E-state index in [0.717, 1.165) is 27.5 Å². The van der Waals surface area contributed by atoms with E-state index in [4.69, 9.17) is 4.74 Å². The molecule has 1 heterocycles. The van der Waals surface area contributed by atoms with E-state index in [0.29, 0.717) is 5.13 Å². The average Bonchev–Trinajstić information content (AvgIpc) is 3.09. The number of amides is 1. The fourth-order valence-corrected chi connectivity index (χ4v) is 3.77. The molecule has 1 N–H and O–H groups in total. The van der Waals surface area contributed by atoms with Crippen LogP contribution in [0, 0.1) is 12.7 Å². The number of anilines is 1. The highest BCUT2D eigenvalue weighted by Crippen LogP contribution is 2.29. The number of nitrogens with one attached hydrogen (secondary N) is 1. The number of halogens is 1. The van der Waals surface area contributed by atoms with Gasteiger partial charge in [-0.15, -0.1) is 23.1 Å². The predicted molar refractivity (Wildman–Crippen MR) is 105 cm³/mol. The van der Waals surface area contributed by atoms with Crippen LogP contribution in [0.2, 0.25) is 0 Å². The van der Waals surface area contributed by atoms with Crippen LogP contribution in [0.15, 0.2) is 52.7 Å². The number of ether oxygens (including phenoxy) is 1. The van der Waals surface area contributed by atoms with Gasteiger partial charge in [0.1, 0.15) is 11.6 Å². The van der Waals surface area contributed by atoms with Gasteiger partial charge in [-0.2, -0.15) is 0 Å². The summed E-state index contributed by atoms with van der Waals surface area (Å²) < 4.78 is 18.1. The maximum absolute atomic E-state index is 12.9. The highest BCUT2D eigenvalue weighted by Gasteiger charge is 2.10. The molecular formula is C19H17FN2O2S2. The average molecular weight is 388 g/mol. The van der Waals surface area contributed by atoms with E-state index in [9.17, 15) is 9.18 Å². The number of benzene rings is 2. The summed E-state index contributed by atoms with van der Waals surface area (Å²) in [6.45, 7) is 1.98. The van der Waals surface area contributed by atoms with Crippen LogP contribution in [0.25, 0.3) is 11.3 Å². The maximum Gasteiger partial charge on any atom is 0.236 e. The second kappa shape index (κ2) is 8.33. The molecule has 4 nitrogen and oxygen atoms in total. The van der Waals surface area contributed by atoms with Crippen LogP contribution in [0.5, 0.6) is 5.75 Å². The summed E-state index contributed by atoms with van der Waals surface area (Å²) in [5, 5.41) is 5.26. The minimum Gasteiger partial charge on any atom is -0.496 e. The van der Waals surface area contributed by atoms with Gasteiger partial charge >= 0.3 is 0 Å². The largest absolute Gasteiger partial charge is 0.496 e. The Kier molecular flexibility index (Phi) is 5.90. The molecular weight excluding hydrogens is 371 g/mol. The first-order valence-corrected chi connectivity index (χ1v) is 9.70. The van der Waals surface area contributed by atoms with Gasteiger partial charge in [0.15, 0.2) is 5.13 Å². The van der Waals surface area contributed by atoms with E-state index in [-0.39, 0.29) is 17.5 Å². The molecule has 1 aromatic heterocycles. The van der Waals surface area contributed by atoms with Crippen LogP contribution < -0.4 is 10.1 Å². The van der Waals surface area contributed by atoms with Crippen LogP contribution in [-0.2, 0) is 4.79 Å². The highest BCUT2D eigenvalue weighted by atomic mass is 32.2. The standard InChI is InChI=1S/C19H17FN2O2S2/c1-12-9-13(3-8-17(12)24-2)16-10-26-19(21-16)22-18(23)11-25-15-6-4-14(20)5-7-15/h3-10H,11H2,1-2H3,(H,21,22,23). The third-order valence-corrected chi connectivity index (χ3v) is 5.39. The molecule has 0 saturated carbocycles. The van der Waals surface area contributed by atoms with Gasteiger partial charge < -0.3 is 10.1 Å². The smallest absolute Gasteiger partial charge is 0.236 e. The fourth-order valence-electron chi connectivity index (χ4n) is 2.34. The van der Waals surface area contributed by atoms with Crippen molar-refractivity contribution in [1.82, 2.24) is 4.98 Å². The molecule has 1 amide bonds. The zero-order valence-corrected chi connectivity index (χ0v) is 15.9. The third-order valence-electron chi connectivity index (χ3n) is 3.62. The molecule has 0 saturated heterocycles. The topological polar surface area (TPSA) is 51.2 Å². The van der Waals surface area contributed by atoms with Crippen molar-refractivity contribution in [2.45, 2.75) is 11.8 Å². The monoisotopic (exact) mass is 388 g/mol. The number of carbonyl (C=O) groups excluding carboxylic acids is 1. The summed E-state index contributed by atoms with van der Waals surface area (Å²) in [7, 11) is 1.64. The number of thiazole rings is 1. The minimum atomic E-state index is -0.289. The zero-order chi connectivity index (χ0) is 18.5. The van der Waals surface area contributed by atoms with Gasteiger partial charge in [-0.3, -0.25) is 4.79 Å². The molecule has 0 aliphatic carbocycles. The molecule has 0 bridgehead atoms. The van der Waals surface area contributed by atoms with Gasteiger partial charge in [0.25, 0.3) is 0 Å². The van der Waals surface area contributed by atoms with Gasteiger partial charge in [0.05, 0.1) is 18.6 Å². The van der Waals surface area contributed by atoms with Gasteiger partial charge in [0.2, 0.25) is 5.91 Å². The van der Waals surface area contributed by atoms with Crippen molar-refractivity contribution < 1.29 is 13.9 Å². The normalized spacial score (nSPS) is 10.6. The summed E-state index contributed by atoms with van der Waals surface area (Å²) in [5.74, 6) is 0.631. The summed E-state index contributed by atoms with van der Waals surface area (Å²) in [6, 6.07) is 11.9. The lowest BCUT2D eigenvalue weighted by atomic mass is 10.1. The quantitative estimate of drug-likeness (QED) is 0.604. The minimum absolute atomic E-state index is 0.147. The van der Waals surface area contributed by atoms with E-state index >= 15 is 0 Å². The molecule has 7 heteroatoms. The third kappa shape index (κ3) is 4.62. The Labute approximate surface area is 159 Å². The van der Waals surface area contributed by atoms with Crippen molar-refractivity contribution >= 4 is 34.1 Å². The van der Waals surface area contributed by atoms with Crippen molar-refractivity contribution in [3.8, 4) is 17.0 Å². The Morgan fingerprint density at radius 2 is 2.04 bits per heavy atom. The lowest BCUT2D eigenvalue weighted by molar-refractivity contribution is -0.113. The fraction of sp³-hybridized carbons (Fsp3) is 0.158. The molecule has 26 heavy (non-hydrogen) atoms. The van der Waals surface area contributed by atoms with Crippen molar-refractivity contribution in [2.75, 3.05) is 18.2 Å². The van der Waals surface area contributed by atoms with Gasteiger partial charge in [-0.05, 0) is 55.0 Å². The van der Waals surface area contributed by atoms with E-state index < -0.39 is 0 Å². The van der Waals surface area contributed by atoms with Crippen molar-refractivity contribution in [1.29, 1.82) is 0 Å². The van der Waals surface area contributed by atoms with Crippen molar-refractivity contribution in [2.24, 2.45) is 0 Å². The molecule has 0 fully saturated rings. The van der Waals surface area contributed by atoms with Crippen molar-refractivity contribution in [3.63, 3.8) is 0 Å². The first kappa shape index (κ1) is 18.4. The molecule has 0 atom stereocenters. The summed E-state index contributed by atoms with van der Waals surface area (Å²) in [5.41, 5.74) is 2.81. The number of thioether (sulfide) groups is 1. The molecule has 134 valence electrons. The Morgan fingerprint density at radius 3 is 2.73 bits per heavy atom. The van der Waals surface area contributed by atoms with Gasteiger partial charge in [-0.25, -0.2) is 9.37 Å². The Hall–Kier alpha value is -2.38. The lowest BCUT2D eigenvalue weighted by Gasteiger charge is -2.05. The Balaban J connectivity index is 1.60. The van der Waals surface area contributed by atoms with Crippen LogP contribution >= 0.6 is 23.1 Å². The number of aromatic nitrogens is 1. The van der Waals surface area contributed by atoms with Gasteiger partial charge in [-0.1, -0.05) is 0 Å². The first-order valence-electron chi connectivity index (χ1n) is 7.84. The number of carbonyl (C=O) groups is 1. The molecule has 3 aromatic rings. The maximum atomic E-state index is 12.9. The van der Waals surface area contributed by atoms with Gasteiger partial charge in [0, 0.05) is 15.8 Å². The molecule has 0 spiro atoms. The van der Waals surface area contributed by atoms with E-state index in [1.54, 1.807) is 19.2 Å². The van der Waals surface area contributed by atoms with E-state index in [1.165, 1.54) is 35.2 Å². The van der Waals surface area contributed by atoms with E-state index in [2.05, 4.69) is 10.3 Å². The lowest BCUT2D eigenvalue weighted by Crippen LogP contribution is -2.13. The molecule has 0 aliphatic rings. The number of nitrogens with zero attached hydrogens (tertiary/aromatic N) is 1. The summed E-state index contributed by atoms with van der Waals surface area (Å²) in [4.78, 5) is 17.4.